The van der Waals surface area contributed by atoms with Gasteiger partial charge in [0.2, 0.25) is 0 Å². The van der Waals surface area contributed by atoms with Crippen molar-refractivity contribution >= 4 is 16.8 Å². The number of aromatic nitrogens is 1. The molecular weight excluding hydrogens is 232 g/mol. The molecule has 0 radical (unpaired) electrons. The normalized spacial score (nSPS) is 10.9. The Bertz CT molecular complexity index is 736. The smallest absolute Gasteiger partial charge is 0.417 e. The largest absolute Gasteiger partial charge is 0.465 e. The lowest BCUT2D eigenvalue weighted by atomic mass is 10.3. The van der Waals surface area contributed by atoms with E-state index in [1.54, 1.807) is 6.07 Å². The van der Waals surface area contributed by atoms with Gasteiger partial charge in [0.05, 0.1) is 12.1 Å². The summed E-state index contributed by atoms with van der Waals surface area (Å²) in [6, 6.07) is 9.29. The molecular formula is C13H12N2O3. The first kappa shape index (κ1) is 10.7. The maximum atomic E-state index is 11.0. The van der Waals surface area contributed by atoms with Crippen LogP contribution in [0.3, 0.4) is 0 Å². The summed E-state index contributed by atoms with van der Waals surface area (Å²) in [4.78, 5) is 13.6. The molecule has 2 heterocycles. The van der Waals surface area contributed by atoms with E-state index in [4.69, 9.17) is 8.83 Å². The number of nitrogens with one attached hydrogen (secondary N) is 2. The van der Waals surface area contributed by atoms with Gasteiger partial charge < -0.3 is 14.2 Å². The van der Waals surface area contributed by atoms with Crippen LogP contribution in [0.4, 0.5) is 5.69 Å². The van der Waals surface area contributed by atoms with Crippen LogP contribution in [-0.2, 0) is 6.54 Å². The Labute approximate surface area is 102 Å². The van der Waals surface area contributed by atoms with E-state index in [0.29, 0.717) is 17.6 Å². The average molecular weight is 244 g/mol. The van der Waals surface area contributed by atoms with Crippen LogP contribution in [0.5, 0.6) is 0 Å². The number of hydrogen-bond acceptors (Lipinski definition) is 4. The van der Waals surface area contributed by atoms with Gasteiger partial charge in [-0.3, -0.25) is 4.98 Å². The molecule has 3 aromatic rings. The zero-order chi connectivity index (χ0) is 12.5. The van der Waals surface area contributed by atoms with Gasteiger partial charge in [-0.15, -0.1) is 0 Å². The summed E-state index contributed by atoms with van der Waals surface area (Å²) in [5.41, 5.74) is 2.13. The first-order valence-corrected chi connectivity index (χ1v) is 5.63. The second-order valence-corrected chi connectivity index (χ2v) is 4.09. The molecule has 0 bridgehead atoms. The van der Waals surface area contributed by atoms with Crippen molar-refractivity contribution in [2.75, 3.05) is 5.32 Å². The second-order valence-electron chi connectivity index (χ2n) is 4.09. The van der Waals surface area contributed by atoms with Crippen molar-refractivity contribution in [3.8, 4) is 0 Å². The van der Waals surface area contributed by atoms with Crippen LogP contribution in [0.1, 0.15) is 11.5 Å². The summed E-state index contributed by atoms with van der Waals surface area (Å²) in [7, 11) is 0. The van der Waals surface area contributed by atoms with E-state index >= 15 is 0 Å². The van der Waals surface area contributed by atoms with Crippen molar-refractivity contribution in [1.29, 1.82) is 0 Å². The molecule has 0 spiro atoms. The van der Waals surface area contributed by atoms with Crippen LogP contribution in [0.2, 0.25) is 0 Å². The van der Waals surface area contributed by atoms with Gasteiger partial charge >= 0.3 is 5.76 Å². The van der Waals surface area contributed by atoms with Crippen LogP contribution < -0.4 is 11.1 Å². The lowest BCUT2D eigenvalue weighted by Gasteiger charge is -2.03. The third kappa shape index (κ3) is 2.02. The summed E-state index contributed by atoms with van der Waals surface area (Å²) in [5, 5.41) is 3.22. The zero-order valence-electron chi connectivity index (χ0n) is 9.82. The van der Waals surface area contributed by atoms with Crippen LogP contribution in [-0.4, -0.2) is 4.98 Å². The summed E-state index contributed by atoms with van der Waals surface area (Å²) in [6.07, 6.45) is 0. The van der Waals surface area contributed by atoms with E-state index in [1.165, 1.54) is 0 Å². The van der Waals surface area contributed by atoms with E-state index in [0.717, 1.165) is 17.2 Å². The van der Waals surface area contributed by atoms with Crippen molar-refractivity contribution in [1.82, 2.24) is 4.98 Å². The first-order valence-electron chi connectivity index (χ1n) is 5.63. The predicted octanol–water partition coefficient (Wildman–Crippen LogP) is 2.63. The molecule has 2 aromatic heterocycles. The molecule has 0 aliphatic rings. The monoisotopic (exact) mass is 244 g/mol. The Kier molecular flexibility index (Phi) is 2.44. The minimum Gasteiger partial charge on any atom is -0.465 e. The average Bonchev–Trinajstić information content (AvgIpc) is 2.90. The Morgan fingerprint density at radius 3 is 2.89 bits per heavy atom. The molecule has 0 aliphatic carbocycles. The molecule has 92 valence electrons. The SMILES string of the molecule is Cc1ccc(CNc2ccc3oc(=O)[nH]c3c2)o1. The standard InChI is InChI=1S/C13H12N2O3/c1-8-2-4-10(17-8)7-14-9-3-5-12-11(6-9)15-13(16)18-12/h2-6,14H,7H2,1H3,(H,15,16). The Morgan fingerprint density at radius 2 is 2.11 bits per heavy atom. The summed E-state index contributed by atoms with van der Waals surface area (Å²) < 4.78 is 10.4. The maximum absolute atomic E-state index is 11.0. The highest BCUT2D eigenvalue weighted by Crippen LogP contribution is 2.17. The van der Waals surface area contributed by atoms with Crippen molar-refractivity contribution in [3.05, 3.63) is 52.4 Å². The first-order chi connectivity index (χ1) is 8.70. The number of hydrogen-bond donors (Lipinski definition) is 2. The van der Waals surface area contributed by atoms with E-state index < -0.39 is 5.76 Å². The van der Waals surface area contributed by atoms with Crippen molar-refractivity contribution in [2.24, 2.45) is 0 Å². The minimum absolute atomic E-state index is 0.441. The van der Waals surface area contributed by atoms with Gasteiger partial charge in [-0.1, -0.05) is 0 Å². The Balaban J connectivity index is 1.80. The van der Waals surface area contributed by atoms with Gasteiger partial charge in [0.25, 0.3) is 0 Å². The van der Waals surface area contributed by atoms with E-state index in [1.807, 2.05) is 31.2 Å². The predicted molar refractivity (Wildman–Crippen MR) is 67.6 cm³/mol. The number of H-pyrrole nitrogens is 1. The van der Waals surface area contributed by atoms with Gasteiger partial charge in [-0.05, 0) is 37.3 Å². The third-order valence-electron chi connectivity index (χ3n) is 2.68. The highest BCUT2D eigenvalue weighted by Gasteiger charge is 2.03. The van der Waals surface area contributed by atoms with E-state index in [2.05, 4.69) is 10.3 Å². The number of rotatable bonds is 3. The Hall–Kier alpha value is -2.43. The molecule has 5 nitrogen and oxygen atoms in total. The molecule has 0 atom stereocenters. The van der Waals surface area contributed by atoms with E-state index in [-0.39, 0.29) is 0 Å². The molecule has 5 heteroatoms. The lowest BCUT2D eigenvalue weighted by molar-refractivity contribution is 0.490. The molecule has 0 saturated heterocycles. The molecule has 2 N–H and O–H groups in total. The fourth-order valence-electron chi connectivity index (χ4n) is 1.83. The zero-order valence-corrected chi connectivity index (χ0v) is 9.82. The van der Waals surface area contributed by atoms with Crippen molar-refractivity contribution in [3.63, 3.8) is 0 Å². The number of fused-ring (bicyclic) bond motifs is 1. The Morgan fingerprint density at radius 1 is 1.22 bits per heavy atom. The van der Waals surface area contributed by atoms with Crippen LogP contribution in [0.15, 0.2) is 44.0 Å². The molecule has 1 aromatic carbocycles. The second kappa shape index (κ2) is 4.10. The van der Waals surface area contributed by atoms with Gasteiger partial charge in [0.15, 0.2) is 5.58 Å². The number of anilines is 1. The summed E-state index contributed by atoms with van der Waals surface area (Å²) >= 11 is 0. The summed E-state index contributed by atoms with van der Waals surface area (Å²) in [5.74, 6) is 1.32. The molecule has 0 fully saturated rings. The number of furan rings is 1. The molecule has 3 rings (SSSR count). The minimum atomic E-state index is -0.441. The topological polar surface area (TPSA) is 71.2 Å². The molecule has 18 heavy (non-hydrogen) atoms. The fourth-order valence-corrected chi connectivity index (χ4v) is 1.83. The maximum Gasteiger partial charge on any atom is 0.417 e. The summed E-state index contributed by atoms with van der Waals surface area (Å²) in [6.45, 7) is 2.51. The van der Waals surface area contributed by atoms with Crippen LogP contribution in [0, 0.1) is 6.92 Å². The van der Waals surface area contributed by atoms with Gasteiger partial charge in [-0.25, -0.2) is 4.79 Å². The molecule has 0 saturated carbocycles. The lowest BCUT2D eigenvalue weighted by Crippen LogP contribution is -1.97. The van der Waals surface area contributed by atoms with Gasteiger partial charge in [-0.2, -0.15) is 0 Å². The quantitative estimate of drug-likeness (QED) is 0.743. The molecule has 0 unspecified atom stereocenters. The molecule has 0 aliphatic heterocycles. The van der Waals surface area contributed by atoms with Crippen molar-refractivity contribution < 1.29 is 8.83 Å². The number of aromatic amines is 1. The van der Waals surface area contributed by atoms with Gasteiger partial charge in [0.1, 0.15) is 11.5 Å². The number of benzene rings is 1. The highest BCUT2D eigenvalue weighted by molar-refractivity contribution is 5.76. The van der Waals surface area contributed by atoms with E-state index in [9.17, 15) is 4.79 Å². The molecule has 0 amide bonds. The van der Waals surface area contributed by atoms with Crippen LogP contribution in [0.25, 0.3) is 11.1 Å². The third-order valence-corrected chi connectivity index (χ3v) is 2.68. The van der Waals surface area contributed by atoms with Crippen LogP contribution >= 0.6 is 0 Å². The fraction of sp³-hybridized carbons (Fsp3) is 0.154. The van der Waals surface area contributed by atoms with Crippen molar-refractivity contribution in [2.45, 2.75) is 13.5 Å². The van der Waals surface area contributed by atoms with Gasteiger partial charge in [0, 0.05) is 5.69 Å². The number of aryl methyl sites for hydroxylation is 1. The number of oxazole rings is 1. The highest BCUT2D eigenvalue weighted by atomic mass is 16.4.